The summed E-state index contributed by atoms with van der Waals surface area (Å²) in [4.78, 5) is 16.6. The van der Waals surface area contributed by atoms with E-state index >= 15 is 0 Å². The monoisotopic (exact) mass is 369 g/mol. The molecular formula is C15H10Cl2FN3OS. The molecule has 23 heavy (non-hydrogen) atoms. The molecule has 3 rings (SSSR count). The molecule has 0 saturated carbocycles. The molecule has 2 aromatic heterocycles. The Kier molecular flexibility index (Phi) is 4.39. The van der Waals surface area contributed by atoms with Crippen molar-refractivity contribution in [2.75, 3.05) is 5.32 Å². The molecule has 0 aliphatic carbocycles. The molecule has 0 atom stereocenters. The molecule has 0 fully saturated rings. The van der Waals surface area contributed by atoms with E-state index in [-0.39, 0.29) is 11.7 Å². The second kappa shape index (κ2) is 6.31. The molecule has 0 radical (unpaired) electrons. The molecule has 0 aliphatic heterocycles. The van der Waals surface area contributed by atoms with E-state index in [1.807, 2.05) is 0 Å². The third kappa shape index (κ3) is 3.24. The topological polar surface area (TPSA) is 46.9 Å². The maximum absolute atomic E-state index is 12.9. The first-order valence-electron chi connectivity index (χ1n) is 6.49. The molecule has 3 aromatic rings. The number of benzene rings is 1. The van der Waals surface area contributed by atoms with Gasteiger partial charge in [0.15, 0.2) is 5.13 Å². The number of aromatic nitrogens is 2. The van der Waals surface area contributed by atoms with Gasteiger partial charge in [0.25, 0.3) is 5.91 Å². The molecule has 8 heteroatoms. The van der Waals surface area contributed by atoms with Gasteiger partial charge in [0.05, 0.1) is 10.7 Å². The minimum atomic E-state index is -0.360. The van der Waals surface area contributed by atoms with Crippen LogP contribution in [0.3, 0.4) is 0 Å². The molecular weight excluding hydrogens is 360 g/mol. The van der Waals surface area contributed by atoms with Crippen LogP contribution in [0.15, 0.2) is 35.7 Å². The number of hydrogen-bond acceptors (Lipinski definition) is 3. The highest BCUT2D eigenvalue weighted by molar-refractivity contribution is 7.14. The summed E-state index contributed by atoms with van der Waals surface area (Å²) in [5.41, 5.74) is 1.76. The third-order valence-corrected chi connectivity index (χ3v) is 4.81. The van der Waals surface area contributed by atoms with Gasteiger partial charge in [-0.1, -0.05) is 23.2 Å². The average Bonchev–Trinajstić information content (AvgIpc) is 3.08. The van der Waals surface area contributed by atoms with Crippen LogP contribution in [-0.2, 0) is 7.05 Å². The number of nitrogens with one attached hydrogen (secondary N) is 1. The van der Waals surface area contributed by atoms with Crippen molar-refractivity contribution < 1.29 is 9.18 Å². The lowest BCUT2D eigenvalue weighted by atomic mass is 10.2. The molecule has 0 bridgehead atoms. The van der Waals surface area contributed by atoms with Crippen molar-refractivity contribution in [3.63, 3.8) is 0 Å². The van der Waals surface area contributed by atoms with E-state index in [1.54, 1.807) is 24.6 Å². The van der Waals surface area contributed by atoms with Crippen LogP contribution in [0, 0.1) is 5.82 Å². The smallest absolute Gasteiger partial charge is 0.274 e. The minimum absolute atomic E-state index is 0.294. The first-order valence-corrected chi connectivity index (χ1v) is 8.13. The number of halogens is 3. The van der Waals surface area contributed by atoms with E-state index in [4.69, 9.17) is 23.2 Å². The Labute approximate surface area is 145 Å². The maximum Gasteiger partial charge on any atom is 0.274 e. The molecule has 2 heterocycles. The summed E-state index contributed by atoms with van der Waals surface area (Å²) < 4.78 is 14.4. The van der Waals surface area contributed by atoms with Gasteiger partial charge in [0.2, 0.25) is 0 Å². The number of carbonyl (C=O) groups excluding carboxylic acids is 1. The predicted octanol–water partition coefficient (Wildman–Crippen LogP) is 4.85. The highest BCUT2D eigenvalue weighted by Crippen LogP contribution is 2.28. The Morgan fingerprint density at radius 2 is 2.00 bits per heavy atom. The molecule has 1 amide bonds. The first-order chi connectivity index (χ1) is 11.0. The summed E-state index contributed by atoms with van der Waals surface area (Å²) in [5.74, 6) is -0.670. The van der Waals surface area contributed by atoms with Crippen molar-refractivity contribution >= 4 is 45.6 Å². The molecule has 0 spiro atoms. The van der Waals surface area contributed by atoms with E-state index in [0.717, 1.165) is 5.56 Å². The highest BCUT2D eigenvalue weighted by Gasteiger charge is 2.17. The van der Waals surface area contributed by atoms with Crippen molar-refractivity contribution in [1.29, 1.82) is 0 Å². The number of anilines is 1. The van der Waals surface area contributed by atoms with E-state index in [1.165, 1.54) is 34.1 Å². The van der Waals surface area contributed by atoms with Gasteiger partial charge in [-0.3, -0.25) is 10.1 Å². The second-order valence-electron chi connectivity index (χ2n) is 4.73. The summed E-state index contributed by atoms with van der Waals surface area (Å²) in [5, 5.41) is 5.52. The molecule has 0 aliphatic rings. The van der Waals surface area contributed by atoms with Crippen molar-refractivity contribution in [1.82, 2.24) is 9.55 Å². The minimum Gasteiger partial charge on any atom is -0.329 e. The fourth-order valence-corrected chi connectivity index (χ4v) is 3.10. The van der Waals surface area contributed by atoms with E-state index in [0.29, 0.717) is 26.7 Å². The lowest BCUT2D eigenvalue weighted by molar-refractivity contribution is 0.101. The lowest BCUT2D eigenvalue weighted by Crippen LogP contribution is -2.15. The first kappa shape index (κ1) is 16.0. The fraction of sp³-hybridized carbons (Fsp3) is 0.0667. The van der Waals surface area contributed by atoms with Gasteiger partial charge >= 0.3 is 0 Å². The van der Waals surface area contributed by atoms with Crippen molar-refractivity contribution in [3.05, 3.63) is 57.4 Å². The second-order valence-corrected chi connectivity index (χ2v) is 6.35. The average molecular weight is 370 g/mol. The molecule has 0 unspecified atom stereocenters. The summed E-state index contributed by atoms with van der Waals surface area (Å²) in [6.07, 6.45) is 0. The van der Waals surface area contributed by atoms with Gasteiger partial charge in [-0.05, 0) is 30.3 Å². The zero-order valence-electron chi connectivity index (χ0n) is 11.8. The molecule has 1 aromatic carbocycles. The van der Waals surface area contributed by atoms with Crippen LogP contribution < -0.4 is 5.32 Å². The molecule has 1 N–H and O–H groups in total. The maximum atomic E-state index is 12.9. The highest BCUT2D eigenvalue weighted by atomic mass is 35.5. The van der Waals surface area contributed by atoms with Crippen LogP contribution >= 0.6 is 34.5 Å². The van der Waals surface area contributed by atoms with Crippen LogP contribution in [0.25, 0.3) is 11.3 Å². The van der Waals surface area contributed by atoms with Crippen LogP contribution in [-0.4, -0.2) is 15.5 Å². The van der Waals surface area contributed by atoms with Crippen LogP contribution in [0.4, 0.5) is 9.52 Å². The molecule has 4 nitrogen and oxygen atoms in total. The van der Waals surface area contributed by atoms with Crippen LogP contribution in [0.5, 0.6) is 0 Å². The number of amides is 1. The Morgan fingerprint density at radius 3 is 2.61 bits per heavy atom. The quantitative estimate of drug-likeness (QED) is 0.717. The third-order valence-electron chi connectivity index (χ3n) is 3.21. The number of thiazole rings is 1. The number of nitrogens with zero attached hydrogens (tertiary/aromatic N) is 2. The summed E-state index contributed by atoms with van der Waals surface area (Å²) in [6, 6.07) is 7.48. The Bertz CT molecular complexity index is 873. The van der Waals surface area contributed by atoms with Gasteiger partial charge < -0.3 is 4.57 Å². The number of carbonyl (C=O) groups is 1. The zero-order valence-corrected chi connectivity index (χ0v) is 14.1. The number of rotatable bonds is 3. The Balaban J connectivity index is 1.80. The molecule has 0 saturated heterocycles. The van der Waals surface area contributed by atoms with Crippen molar-refractivity contribution in [2.24, 2.45) is 7.05 Å². The SMILES string of the molecule is Cn1c(C(=O)Nc2nc(-c3ccc(F)cc3)cs2)cc(Cl)c1Cl. The zero-order chi connectivity index (χ0) is 16.6. The Morgan fingerprint density at radius 1 is 1.30 bits per heavy atom. The number of hydrogen-bond donors (Lipinski definition) is 1. The van der Waals surface area contributed by atoms with Crippen molar-refractivity contribution in [3.8, 4) is 11.3 Å². The lowest BCUT2D eigenvalue weighted by Gasteiger charge is -2.03. The van der Waals surface area contributed by atoms with Gasteiger partial charge in [0.1, 0.15) is 16.7 Å². The van der Waals surface area contributed by atoms with E-state index in [2.05, 4.69) is 10.3 Å². The largest absolute Gasteiger partial charge is 0.329 e. The summed E-state index contributed by atoms with van der Waals surface area (Å²) in [6.45, 7) is 0. The van der Waals surface area contributed by atoms with Gasteiger partial charge in [-0.25, -0.2) is 9.37 Å². The van der Waals surface area contributed by atoms with Gasteiger partial charge in [-0.15, -0.1) is 11.3 Å². The van der Waals surface area contributed by atoms with Crippen LogP contribution in [0.2, 0.25) is 10.2 Å². The normalized spacial score (nSPS) is 10.8. The summed E-state index contributed by atoms with van der Waals surface area (Å²) >= 11 is 13.1. The summed E-state index contributed by atoms with van der Waals surface area (Å²) in [7, 11) is 1.65. The van der Waals surface area contributed by atoms with Gasteiger partial charge in [-0.2, -0.15) is 0 Å². The van der Waals surface area contributed by atoms with Crippen molar-refractivity contribution in [2.45, 2.75) is 0 Å². The van der Waals surface area contributed by atoms with Crippen LogP contribution in [0.1, 0.15) is 10.5 Å². The standard InChI is InChI=1S/C15H10Cl2FN3OS/c1-21-12(6-10(16)13(21)17)14(22)20-15-19-11(7-23-15)8-2-4-9(18)5-3-8/h2-7H,1H3,(H,19,20,22). The van der Waals surface area contributed by atoms with E-state index < -0.39 is 0 Å². The predicted molar refractivity (Wildman–Crippen MR) is 90.9 cm³/mol. The fourth-order valence-electron chi connectivity index (χ4n) is 2.01. The van der Waals surface area contributed by atoms with E-state index in [9.17, 15) is 9.18 Å². The van der Waals surface area contributed by atoms with Gasteiger partial charge in [0, 0.05) is 18.0 Å². The molecule has 118 valence electrons. The Hall–Kier alpha value is -1.89.